The molecule has 0 spiro atoms. The molecule has 0 amide bonds. The number of rotatable bonds is 5. The van der Waals surface area contributed by atoms with Crippen molar-refractivity contribution in [2.24, 2.45) is 0 Å². The van der Waals surface area contributed by atoms with Crippen molar-refractivity contribution in [3.05, 3.63) is 11.6 Å². The van der Waals surface area contributed by atoms with Crippen LogP contribution in [-0.4, -0.2) is 21.2 Å². The van der Waals surface area contributed by atoms with Crippen LogP contribution in [0.5, 0.6) is 0 Å². The van der Waals surface area contributed by atoms with E-state index in [0.717, 1.165) is 31.0 Å². The van der Waals surface area contributed by atoms with Gasteiger partial charge < -0.3 is 5.32 Å². The summed E-state index contributed by atoms with van der Waals surface area (Å²) in [6.45, 7) is 7.04. The highest BCUT2D eigenvalue weighted by Crippen LogP contribution is 1.98. The zero-order chi connectivity index (χ0) is 9.68. The molecule has 74 valence electrons. The van der Waals surface area contributed by atoms with Gasteiger partial charge in [-0.15, -0.1) is 0 Å². The molecule has 0 fully saturated rings. The highest BCUT2D eigenvalue weighted by molar-refractivity contribution is 4.87. The van der Waals surface area contributed by atoms with Gasteiger partial charge in [0.2, 0.25) is 0 Å². The van der Waals surface area contributed by atoms with E-state index in [1.54, 1.807) is 0 Å². The number of aromatic nitrogens is 3. The second kappa shape index (κ2) is 4.97. The summed E-state index contributed by atoms with van der Waals surface area (Å²) in [6, 6.07) is 0.582. The van der Waals surface area contributed by atoms with Crippen molar-refractivity contribution in [3.8, 4) is 0 Å². The maximum absolute atomic E-state index is 4.22. The Hall–Kier alpha value is -0.900. The number of aromatic amines is 1. The van der Waals surface area contributed by atoms with Gasteiger partial charge in [-0.25, -0.2) is 4.98 Å². The Balaban J connectivity index is 2.33. The van der Waals surface area contributed by atoms with Crippen molar-refractivity contribution >= 4 is 0 Å². The summed E-state index contributed by atoms with van der Waals surface area (Å²) in [4.78, 5) is 4.22. The molecule has 0 unspecified atom stereocenters. The van der Waals surface area contributed by atoms with Crippen LogP contribution in [0.15, 0.2) is 0 Å². The predicted octanol–water partition coefficient (Wildman–Crippen LogP) is 1.39. The molecule has 0 aliphatic heterocycles. The molecule has 0 aliphatic rings. The Bertz CT molecular complexity index is 240. The van der Waals surface area contributed by atoms with E-state index in [9.17, 15) is 0 Å². The fraction of sp³-hybridized carbons (Fsp3) is 0.778. The first-order chi connectivity index (χ1) is 6.26. The fourth-order valence-electron chi connectivity index (χ4n) is 1.28. The fourth-order valence-corrected chi connectivity index (χ4v) is 1.28. The van der Waals surface area contributed by atoms with Gasteiger partial charge in [-0.1, -0.05) is 13.8 Å². The molecular formula is C9H18N4. The van der Waals surface area contributed by atoms with Crippen LogP contribution in [0.3, 0.4) is 0 Å². The molecule has 0 saturated heterocycles. The summed E-state index contributed by atoms with van der Waals surface area (Å²) in [6.07, 6.45) is 2.31. The third kappa shape index (κ3) is 3.14. The number of H-pyrrole nitrogens is 1. The standard InChI is InChI=1S/C9H18N4/c1-4-8(5-2)10-6-9-11-7(3)12-13-9/h8,10H,4-6H2,1-3H3,(H,11,12,13). The van der Waals surface area contributed by atoms with Crippen LogP contribution in [0.1, 0.15) is 38.3 Å². The topological polar surface area (TPSA) is 53.6 Å². The first-order valence-corrected chi connectivity index (χ1v) is 4.87. The van der Waals surface area contributed by atoms with Gasteiger partial charge in [-0.05, 0) is 19.8 Å². The Kier molecular flexibility index (Phi) is 3.89. The van der Waals surface area contributed by atoms with E-state index in [1.165, 1.54) is 0 Å². The monoisotopic (exact) mass is 182 g/mol. The Morgan fingerprint density at radius 3 is 2.54 bits per heavy atom. The SMILES string of the molecule is CCC(CC)NCc1n[nH]c(C)n1. The van der Waals surface area contributed by atoms with Crippen molar-refractivity contribution in [2.45, 2.75) is 46.2 Å². The average molecular weight is 182 g/mol. The van der Waals surface area contributed by atoms with Crippen LogP contribution in [-0.2, 0) is 6.54 Å². The third-order valence-electron chi connectivity index (χ3n) is 2.18. The van der Waals surface area contributed by atoms with Crippen molar-refractivity contribution in [3.63, 3.8) is 0 Å². The van der Waals surface area contributed by atoms with Gasteiger partial charge in [0.25, 0.3) is 0 Å². The maximum atomic E-state index is 4.22. The van der Waals surface area contributed by atoms with E-state index in [1.807, 2.05) is 6.92 Å². The van der Waals surface area contributed by atoms with E-state index in [2.05, 4.69) is 34.3 Å². The molecule has 0 aliphatic carbocycles. The van der Waals surface area contributed by atoms with Crippen molar-refractivity contribution in [2.75, 3.05) is 0 Å². The van der Waals surface area contributed by atoms with Crippen LogP contribution >= 0.6 is 0 Å². The number of hydrogen-bond donors (Lipinski definition) is 2. The first kappa shape index (κ1) is 10.2. The van der Waals surface area contributed by atoms with Crippen molar-refractivity contribution in [1.29, 1.82) is 0 Å². The molecule has 0 atom stereocenters. The van der Waals surface area contributed by atoms with E-state index < -0.39 is 0 Å². The Morgan fingerprint density at radius 2 is 2.08 bits per heavy atom. The molecule has 0 bridgehead atoms. The van der Waals surface area contributed by atoms with Gasteiger partial charge in [0.15, 0.2) is 5.82 Å². The van der Waals surface area contributed by atoms with Crippen LogP contribution < -0.4 is 5.32 Å². The third-order valence-corrected chi connectivity index (χ3v) is 2.18. The van der Waals surface area contributed by atoms with Gasteiger partial charge >= 0.3 is 0 Å². The quantitative estimate of drug-likeness (QED) is 0.723. The zero-order valence-electron chi connectivity index (χ0n) is 8.59. The average Bonchev–Trinajstić information content (AvgIpc) is 2.53. The van der Waals surface area contributed by atoms with Crippen molar-refractivity contribution < 1.29 is 0 Å². The number of nitrogens with one attached hydrogen (secondary N) is 2. The normalized spacial score (nSPS) is 11.1. The Morgan fingerprint density at radius 1 is 1.38 bits per heavy atom. The molecule has 0 aromatic carbocycles. The van der Waals surface area contributed by atoms with E-state index in [0.29, 0.717) is 6.04 Å². The lowest BCUT2D eigenvalue weighted by Gasteiger charge is -2.12. The minimum Gasteiger partial charge on any atom is -0.307 e. The first-order valence-electron chi connectivity index (χ1n) is 4.87. The molecule has 0 saturated carbocycles. The second-order valence-corrected chi connectivity index (χ2v) is 3.23. The number of aryl methyl sites for hydroxylation is 1. The largest absolute Gasteiger partial charge is 0.307 e. The van der Waals surface area contributed by atoms with Crippen LogP contribution in [0.25, 0.3) is 0 Å². The summed E-state index contributed by atoms with van der Waals surface area (Å²) < 4.78 is 0. The summed E-state index contributed by atoms with van der Waals surface area (Å²) >= 11 is 0. The lowest BCUT2D eigenvalue weighted by molar-refractivity contribution is 0.476. The maximum Gasteiger partial charge on any atom is 0.164 e. The minimum atomic E-state index is 0.582. The highest BCUT2D eigenvalue weighted by Gasteiger charge is 2.04. The molecule has 4 heteroatoms. The van der Waals surface area contributed by atoms with Crippen LogP contribution in [0.4, 0.5) is 0 Å². The predicted molar refractivity (Wildman–Crippen MR) is 52.3 cm³/mol. The molecule has 13 heavy (non-hydrogen) atoms. The van der Waals surface area contributed by atoms with Crippen LogP contribution in [0.2, 0.25) is 0 Å². The van der Waals surface area contributed by atoms with Gasteiger partial charge in [0.1, 0.15) is 5.82 Å². The lowest BCUT2D eigenvalue weighted by Crippen LogP contribution is -2.27. The van der Waals surface area contributed by atoms with Gasteiger partial charge in [0, 0.05) is 6.04 Å². The minimum absolute atomic E-state index is 0.582. The molecule has 4 nitrogen and oxygen atoms in total. The molecule has 1 heterocycles. The van der Waals surface area contributed by atoms with Crippen LogP contribution in [0, 0.1) is 6.92 Å². The number of hydrogen-bond acceptors (Lipinski definition) is 3. The van der Waals surface area contributed by atoms with Gasteiger partial charge in [-0.3, -0.25) is 5.10 Å². The number of nitrogens with zero attached hydrogens (tertiary/aromatic N) is 2. The van der Waals surface area contributed by atoms with E-state index in [-0.39, 0.29) is 0 Å². The van der Waals surface area contributed by atoms with E-state index in [4.69, 9.17) is 0 Å². The molecule has 1 aromatic rings. The molecular weight excluding hydrogens is 164 g/mol. The lowest BCUT2D eigenvalue weighted by atomic mass is 10.2. The summed E-state index contributed by atoms with van der Waals surface area (Å²) in [5.74, 6) is 1.73. The zero-order valence-corrected chi connectivity index (χ0v) is 8.59. The molecule has 1 rings (SSSR count). The summed E-state index contributed by atoms with van der Waals surface area (Å²) in [7, 11) is 0. The second-order valence-electron chi connectivity index (χ2n) is 3.23. The summed E-state index contributed by atoms with van der Waals surface area (Å²) in [5.41, 5.74) is 0. The summed E-state index contributed by atoms with van der Waals surface area (Å²) in [5, 5.41) is 10.3. The Labute approximate surface area is 79.2 Å². The van der Waals surface area contributed by atoms with Gasteiger partial charge in [-0.2, -0.15) is 5.10 Å². The molecule has 1 aromatic heterocycles. The van der Waals surface area contributed by atoms with Gasteiger partial charge in [0.05, 0.1) is 6.54 Å². The molecule has 2 N–H and O–H groups in total. The van der Waals surface area contributed by atoms with E-state index >= 15 is 0 Å². The van der Waals surface area contributed by atoms with Crippen molar-refractivity contribution in [1.82, 2.24) is 20.5 Å². The highest BCUT2D eigenvalue weighted by atomic mass is 15.2. The smallest absolute Gasteiger partial charge is 0.164 e. The molecule has 0 radical (unpaired) electrons.